The van der Waals surface area contributed by atoms with Crippen molar-refractivity contribution in [2.75, 3.05) is 14.2 Å². The third-order valence-electron chi connectivity index (χ3n) is 4.41. The van der Waals surface area contributed by atoms with E-state index in [0.717, 1.165) is 11.3 Å². The van der Waals surface area contributed by atoms with Crippen molar-refractivity contribution in [2.24, 2.45) is 5.92 Å². The summed E-state index contributed by atoms with van der Waals surface area (Å²) in [7, 11) is 2.98. The molecule has 2 bridgehead atoms. The molecule has 0 aromatic heterocycles. The van der Waals surface area contributed by atoms with Gasteiger partial charge in [-0.05, 0) is 18.6 Å². The quantitative estimate of drug-likeness (QED) is 0.576. The molecule has 3 unspecified atom stereocenters. The Morgan fingerprint density at radius 2 is 2.15 bits per heavy atom. The Hall–Kier alpha value is -2.04. The van der Waals surface area contributed by atoms with Gasteiger partial charge in [0.2, 0.25) is 5.91 Å². The van der Waals surface area contributed by atoms with Crippen LogP contribution in [0.15, 0.2) is 24.3 Å². The molecular formula is C15H17NO4. The van der Waals surface area contributed by atoms with Crippen LogP contribution >= 0.6 is 0 Å². The second-order valence-electron chi connectivity index (χ2n) is 5.52. The summed E-state index contributed by atoms with van der Waals surface area (Å²) < 4.78 is 10.8. The van der Waals surface area contributed by atoms with Crippen molar-refractivity contribution >= 4 is 11.9 Å². The Morgan fingerprint density at radius 1 is 1.45 bits per heavy atom. The van der Waals surface area contributed by atoms with Crippen LogP contribution < -0.4 is 4.74 Å². The van der Waals surface area contributed by atoms with Crippen molar-refractivity contribution in [2.45, 2.75) is 25.0 Å². The third-order valence-corrected chi connectivity index (χ3v) is 4.41. The van der Waals surface area contributed by atoms with E-state index >= 15 is 0 Å². The average molecular weight is 275 g/mol. The summed E-state index contributed by atoms with van der Waals surface area (Å²) in [5.74, 6) is -0.973. The summed E-state index contributed by atoms with van der Waals surface area (Å²) in [6.07, 6.45) is 0.589. The first kappa shape index (κ1) is 13.0. The van der Waals surface area contributed by atoms with E-state index in [1.807, 2.05) is 31.2 Å². The Labute approximate surface area is 117 Å². The molecule has 20 heavy (non-hydrogen) atoms. The lowest BCUT2D eigenvalue weighted by Gasteiger charge is -2.51. The number of methoxy groups -OCH3 is 1. The van der Waals surface area contributed by atoms with Crippen molar-refractivity contribution < 1.29 is 19.1 Å². The zero-order chi connectivity index (χ0) is 14.5. The number of carbonyl (C=O) groups excluding carboxylic acids is 2. The molecular weight excluding hydrogens is 258 g/mol. The second kappa shape index (κ2) is 4.23. The number of piperidine rings is 1. The van der Waals surface area contributed by atoms with Crippen molar-refractivity contribution in [1.29, 1.82) is 0 Å². The van der Waals surface area contributed by atoms with Gasteiger partial charge in [-0.1, -0.05) is 18.2 Å². The molecule has 5 heteroatoms. The molecule has 0 spiro atoms. The molecule has 2 aliphatic heterocycles. The number of benzene rings is 1. The minimum absolute atomic E-state index is 0.193. The van der Waals surface area contributed by atoms with Crippen molar-refractivity contribution in [1.82, 2.24) is 4.90 Å². The third kappa shape index (κ3) is 1.62. The fourth-order valence-corrected chi connectivity index (χ4v) is 3.19. The van der Waals surface area contributed by atoms with Crippen LogP contribution in [0.25, 0.3) is 0 Å². The van der Waals surface area contributed by atoms with Crippen molar-refractivity contribution in [3.05, 3.63) is 29.8 Å². The summed E-state index contributed by atoms with van der Waals surface area (Å²) in [6.45, 7) is 1.88. The normalized spacial score (nSPS) is 31.4. The van der Waals surface area contributed by atoms with Gasteiger partial charge in [0.15, 0.2) is 5.72 Å². The molecule has 106 valence electrons. The van der Waals surface area contributed by atoms with Gasteiger partial charge in [0, 0.05) is 19.4 Å². The van der Waals surface area contributed by atoms with Gasteiger partial charge in [-0.15, -0.1) is 0 Å². The number of rotatable bonds is 1. The van der Waals surface area contributed by atoms with Crippen LogP contribution in [0.5, 0.6) is 5.75 Å². The first-order chi connectivity index (χ1) is 9.48. The Morgan fingerprint density at radius 3 is 2.85 bits per heavy atom. The zero-order valence-electron chi connectivity index (χ0n) is 11.8. The molecule has 3 atom stereocenters. The van der Waals surface area contributed by atoms with E-state index in [1.165, 1.54) is 12.0 Å². The Kier molecular flexibility index (Phi) is 2.74. The molecule has 3 rings (SSSR count). The summed E-state index contributed by atoms with van der Waals surface area (Å²) in [4.78, 5) is 26.0. The number of esters is 1. The predicted octanol–water partition coefficient (Wildman–Crippen LogP) is 1.53. The molecule has 5 nitrogen and oxygen atoms in total. The molecule has 0 N–H and O–H groups in total. The lowest BCUT2D eigenvalue weighted by atomic mass is 9.74. The zero-order valence-corrected chi connectivity index (χ0v) is 11.8. The minimum Gasteiger partial charge on any atom is -0.468 e. The molecule has 1 saturated heterocycles. The van der Waals surface area contributed by atoms with Gasteiger partial charge in [-0.25, -0.2) is 0 Å². The molecule has 1 aromatic carbocycles. The molecule has 1 aromatic rings. The first-order valence-electron chi connectivity index (χ1n) is 6.61. The SMILES string of the molecule is COC(=O)C1C(=O)N(C)C2(C)CC1c1ccccc1O2. The number of hydrogen-bond acceptors (Lipinski definition) is 4. The highest BCUT2D eigenvalue weighted by Crippen LogP contribution is 2.49. The topological polar surface area (TPSA) is 55.8 Å². The molecule has 0 saturated carbocycles. The average Bonchev–Trinajstić information content (AvgIpc) is 2.44. The second-order valence-corrected chi connectivity index (χ2v) is 5.52. The smallest absolute Gasteiger partial charge is 0.318 e. The van der Waals surface area contributed by atoms with Crippen LogP contribution in [-0.4, -0.2) is 36.7 Å². The van der Waals surface area contributed by atoms with Crippen LogP contribution in [0.2, 0.25) is 0 Å². The number of nitrogens with zero attached hydrogens (tertiary/aromatic N) is 1. The van der Waals surface area contributed by atoms with E-state index in [0.29, 0.717) is 6.42 Å². The van der Waals surface area contributed by atoms with Gasteiger partial charge in [-0.3, -0.25) is 9.59 Å². The largest absolute Gasteiger partial charge is 0.468 e. The van der Waals surface area contributed by atoms with Crippen LogP contribution in [0.1, 0.15) is 24.8 Å². The minimum atomic E-state index is -0.789. The predicted molar refractivity (Wildman–Crippen MR) is 71.1 cm³/mol. The highest BCUT2D eigenvalue weighted by Gasteiger charge is 2.55. The standard InChI is InChI=1S/C15H17NO4/c1-15-8-10(9-6-4-5-7-11(9)20-15)12(14(18)19-3)13(17)16(15)2/h4-7,10,12H,8H2,1-3H3. The number of amides is 1. The monoisotopic (exact) mass is 275 g/mol. The van der Waals surface area contributed by atoms with Gasteiger partial charge < -0.3 is 14.4 Å². The summed E-state index contributed by atoms with van der Waals surface area (Å²) in [5.41, 5.74) is 0.197. The van der Waals surface area contributed by atoms with Gasteiger partial charge in [0.1, 0.15) is 11.7 Å². The number of likely N-dealkylation sites (tertiary alicyclic amines) is 1. The van der Waals surface area contributed by atoms with Gasteiger partial charge >= 0.3 is 5.97 Å². The molecule has 2 heterocycles. The van der Waals surface area contributed by atoms with E-state index < -0.39 is 17.6 Å². The number of hydrogen-bond donors (Lipinski definition) is 0. The number of fused-ring (bicyclic) bond motifs is 4. The van der Waals surface area contributed by atoms with Gasteiger partial charge in [0.25, 0.3) is 0 Å². The van der Waals surface area contributed by atoms with Crippen molar-refractivity contribution in [3.8, 4) is 5.75 Å². The summed E-state index contributed by atoms with van der Waals surface area (Å²) in [5, 5.41) is 0. The molecule has 0 radical (unpaired) electrons. The van der Waals surface area contributed by atoms with Crippen LogP contribution in [0.3, 0.4) is 0 Å². The summed E-state index contributed by atoms with van der Waals surface area (Å²) in [6, 6.07) is 7.56. The first-order valence-corrected chi connectivity index (χ1v) is 6.61. The van der Waals surface area contributed by atoms with Gasteiger partial charge in [-0.2, -0.15) is 0 Å². The van der Waals surface area contributed by atoms with Crippen LogP contribution in [0.4, 0.5) is 0 Å². The van der Waals surface area contributed by atoms with E-state index in [1.54, 1.807) is 7.05 Å². The maximum absolute atomic E-state index is 12.5. The van der Waals surface area contributed by atoms with Gasteiger partial charge in [0.05, 0.1) is 7.11 Å². The lowest BCUT2D eigenvalue weighted by molar-refractivity contribution is -0.177. The molecule has 1 amide bonds. The molecule has 1 fully saturated rings. The maximum atomic E-state index is 12.5. The number of para-hydroxylation sites is 1. The van der Waals surface area contributed by atoms with E-state index in [-0.39, 0.29) is 11.8 Å². The Balaban J connectivity index is 2.14. The molecule has 2 aliphatic rings. The maximum Gasteiger partial charge on any atom is 0.318 e. The highest BCUT2D eigenvalue weighted by molar-refractivity contribution is 6.00. The number of ether oxygens (including phenoxy) is 2. The van der Waals surface area contributed by atoms with E-state index in [4.69, 9.17) is 9.47 Å². The lowest BCUT2D eigenvalue weighted by Crippen LogP contribution is -2.62. The fourth-order valence-electron chi connectivity index (χ4n) is 3.19. The molecule has 0 aliphatic carbocycles. The highest BCUT2D eigenvalue weighted by atomic mass is 16.5. The Bertz CT molecular complexity index is 585. The van der Waals surface area contributed by atoms with Crippen LogP contribution in [-0.2, 0) is 14.3 Å². The van der Waals surface area contributed by atoms with E-state index in [9.17, 15) is 9.59 Å². The van der Waals surface area contributed by atoms with E-state index in [2.05, 4.69) is 0 Å². The fraction of sp³-hybridized carbons (Fsp3) is 0.467. The van der Waals surface area contributed by atoms with Crippen molar-refractivity contribution in [3.63, 3.8) is 0 Å². The number of carbonyl (C=O) groups is 2. The summed E-state index contributed by atoms with van der Waals surface area (Å²) >= 11 is 0. The van der Waals surface area contributed by atoms with Crippen LogP contribution in [0, 0.1) is 5.92 Å².